The molecule has 2 rings (SSSR count). The molecule has 1 aliphatic carbocycles. The predicted molar refractivity (Wildman–Crippen MR) is 82.3 cm³/mol. The molecule has 0 bridgehead atoms. The Morgan fingerprint density at radius 3 is 1.78 bits per heavy atom. The molecule has 1 aromatic rings. The van der Waals surface area contributed by atoms with Crippen LogP contribution < -0.4 is 0 Å². The number of benzene rings is 1. The van der Waals surface area contributed by atoms with Gasteiger partial charge in [-0.25, -0.2) is 0 Å². The van der Waals surface area contributed by atoms with Crippen LogP contribution in [0.5, 0.6) is 0 Å². The van der Waals surface area contributed by atoms with Crippen LogP contribution in [0.1, 0.15) is 83.8 Å². The van der Waals surface area contributed by atoms with Gasteiger partial charge in [-0.05, 0) is 35.3 Å². The molecule has 0 heteroatoms. The molecule has 0 N–H and O–H groups in total. The second-order valence-corrected chi connectivity index (χ2v) is 6.21. The van der Waals surface area contributed by atoms with Gasteiger partial charge in [-0.15, -0.1) is 0 Å². The number of hydrogen-bond acceptors (Lipinski definition) is 0. The highest BCUT2D eigenvalue weighted by atomic mass is 14.2. The Labute approximate surface area is 114 Å². The fourth-order valence-corrected chi connectivity index (χ4v) is 2.69. The highest BCUT2D eigenvalue weighted by molar-refractivity contribution is 5.29. The third-order valence-corrected chi connectivity index (χ3v) is 3.85. The monoisotopic (exact) mass is 246 g/mol. The molecule has 0 aromatic heterocycles. The van der Waals surface area contributed by atoms with E-state index in [1.54, 1.807) is 5.56 Å². The molecular formula is C18H30. The lowest BCUT2D eigenvalue weighted by atomic mass is 9.81. The van der Waals surface area contributed by atoms with E-state index in [0.29, 0.717) is 0 Å². The van der Waals surface area contributed by atoms with Gasteiger partial charge in [0, 0.05) is 0 Å². The minimum absolute atomic E-state index is 0.283. The van der Waals surface area contributed by atoms with E-state index in [1.807, 2.05) is 13.8 Å². The molecule has 0 heterocycles. The average Bonchev–Trinajstić information content (AvgIpc) is 2.41. The van der Waals surface area contributed by atoms with Gasteiger partial charge < -0.3 is 0 Å². The Kier molecular flexibility index (Phi) is 5.91. The Morgan fingerprint density at radius 2 is 1.33 bits per heavy atom. The van der Waals surface area contributed by atoms with E-state index in [2.05, 4.69) is 45.0 Å². The summed E-state index contributed by atoms with van der Waals surface area (Å²) in [5, 5.41) is 0. The van der Waals surface area contributed by atoms with Gasteiger partial charge in [-0.1, -0.05) is 78.1 Å². The lowest BCUT2D eigenvalue weighted by molar-refractivity contribution is 0.443. The molecule has 1 saturated carbocycles. The van der Waals surface area contributed by atoms with E-state index in [0.717, 1.165) is 5.92 Å². The van der Waals surface area contributed by atoms with Crippen LogP contribution in [0.2, 0.25) is 0 Å². The van der Waals surface area contributed by atoms with Crippen LogP contribution >= 0.6 is 0 Å². The fraction of sp³-hybridized carbons (Fsp3) is 0.667. The summed E-state index contributed by atoms with van der Waals surface area (Å²) in [4.78, 5) is 0. The molecule has 0 nitrogen and oxygen atoms in total. The molecule has 0 saturated heterocycles. The minimum Gasteiger partial charge on any atom is -0.0683 e. The van der Waals surface area contributed by atoms with E-state index in [4.69, 9.17) is 0 Å². The van der Waals surface area contributed by atoms with Gasteiger partial charge in [0.1, 0.15) is 0 Å². The van der Waals surface area contributed by atoms with Crippen LogP contribution in [0, 0.1) is 0 Å². The summed E-state index contributed by atoms with van der Waals surface area (Å²) in [7, 11) is 0. The first kappa shape index (κ1) is 15.3. The maximum absolute atomic E-state index is 2.36. The lowest BCUT2D eigenvalue weighted by Crippen LogP contribution is -2.11. The minimum atomic E-state index is 0.283. The topological polar surface area (TPSA) is 0 Å². The van der Waals surface area contributed by atoms with Crippen molar-refractivity contribution in [2.45, 2.75) is 78.1 Å². The van der Waals surface area contributed by atoms with Crippen LogP contribution in [0.25, 0.3) is 0 Å². The van der Waals surface area contributed by atoms with Crippen LogP contribution in [0.15, 0.2) is 24.3 Å². The summed E-state index contributed by atoms with van der Waals surface area (Å²) < 4.78 is 0. The van der Waals surface area contributed by atoms with Gasteiger partial charge in [0.05, 0.1) is 0 Å². The smallest absolute Gasteiger partial charge is 0.0132 e. The van der Waals surface area contributed by atoms with Gasteiger partial charge in [-0.3, -0.25) is 0 Å². The highest BCUT2D eigenvalue weighted by Gasteiger charge is 2.17. The molecule has 0 radical (unpaired) electrons. The second kappa shape index (κ2) is 6.97. The fourth-order valence-electron chi connectivity index (χ4n) is 2.69. The molecule has 18 heavy (non-hydrogen) atoms. The van der Waals surface area contributed by atoms with Crippen LogP contribution in [-0.2, 0) is 5.41 Å². The summed E-state index contributed by atoms with van der Waals surface area (Å²) in [5.74, 6) is 0.836. The zero-order valence-electron chi connectivity index (χ0n) is 12.9. The van der Waals surface area contributed by atoms with Crippen molar-refractivity contribution in [3.8, 4) is 0 Å². The first-order chi connectivity index (χ1) is 8.57. The summed E-state index contributed by atoms with van der Waals surface area (Å²) >= 11 is 0. The van der Waals surface area contributed by atoms with E-state index >= 15 is 0 Å². The number of rotatable bonds is 1. The number of hydrogen-bond donors (Lipinski definition) is 0. The molecule has 0 spiro atoms. The van der Waals surface area contributed by atoms with Crippen molar-refractivity contribution in [1.29, 1.82) is 0 Å². The SMILES string of the molecule is CC.CC(C)(C)c1ccc(C2CCCCC2)cc1. The molecule has 1 fully saturated rings. The quantitative estimate of drug-likeness (QED) is 0.565. The summed E-state index contributed by atoms with van der Waals surface area (Å²) in [6, 6.07) is 9.36. The molecule has 0 unspecified atom stereocenters. The van der Waals surface area contributed by atoms with E-state index in [9.17, 15) is 0 Å². The van der Waals surface area contributed by atoms with Gasteiger partial charge in [0.15, 0.2) is 0 Å². The maximum Gasteiger partial charge on any atom is -0.0132 e. The zero-order valence-corrected chi connectivity index (χ0v) is 12.9. The highest BCUT2D eigenvalue weighted by Crippen LogP contribution is 2.33. The van der Waals surface area contributed by atoms with Crippen LogP contribution in [0.3, 0.4) is 0 Å². The molecule has 102 valence electrons. The normalized spacial score (nSPS) is 16.9. The van der Waals surface area contributed by atoms with E-state index < -0.39 is 0 Å². The Balaban J connectivity index is 0.000000771. The van der Waals surface area contributed by atoms with Crippen LogP contribution in [0.4, 0.5) is 0 Å². The Morgan fingerprint density at radius 1 is 0.833 bits per heavy atom. The average molecular weight is 246 g/mol. The summed E-state index contributed by atoms with van der Waals surface area (Å²) in [6.07, 6.45) is 7.08. The van der Waals surface area contributed by atoms with Gasteiger partial charge in [0.2, 0.25) is 0 Å². The molecule has 1 aromatic carbocycles. The zero-order chi connectivity index (χ0) is 13.6. The van der Waals surface area contributed by atoms with Gasteiger partial charge >= 0.3 is 0 Å². The Bertz CT molecular complexity index is 320. The van der Waals surface area contributed by atoms with Crippen molar-refractivity contribution in [1.82, 2.24) is 0 Å². The van der Waals surface area contributed by atoms with E-state index in [-0.39, 0.29) is 5.41 Å². The molecule has 0 aliphatic heterocycles. The first-order valence-corrected chi connectivity index (χ1v) is 7.68. The van der Waals surface area contributed by atoms with Gasteiger partial charge in [-0.2, -0.15) is 0 Å². The molecular weight excluding hydrogens is 216 g/mol. The van der Waals surface area contributed by atoms with Crippen molar-refractivity contribution >= 4 is 0 Å². The van der Waals surface area contributed by atoms with Crippen molar-refractivity contribution in [3.63, 3.8) is 0 Å². The maximum atomic E-state index is 2.36. The first-order valence-electron chi connectivity index (χ1n) is 7.68. The standard InChI is InChI=1S/C16H24.C2H6/c1-16(2,3)15-11-9-14(10-12-15)13-7-5-4-6-8-13;1-2/h9-13H,4-8H2,1-3H3;1-2H3. The third-order valence-electron chi connectivity index (χ3n) is 3.85. The second-order valence-electron chi connectivity index (χ2n) is 6.21. The Hall–Kier alpha value is -0.780. The van der Waals surface area contributed by atoms with E-state index in [1.165, 1.54) is 37.7 Å². The largest absolute Gasteiger partial charge is 0.0683 e. The molecule has 0 atom stereocenters. The van der Waals surface area contributed by atoms with Crippen molar-refractivity contribution < 1.29 is 0 Å². The summed E-state index contributed by atoms with van der Waals surface area (Å²) in [6.45, 7) is 10.8. The van der Waals surface area contributed by atoms with Crippen molar-refractivity contribution in [2.75, 3.05) is 0 Å². The molecule has 1 aliphatic rings. The third kappa shape index (κ3) is 4.15. The lowest BCUT2D eigenvalue weighted by Gasteiger charge is -2.24. The van der Waals surface area contributed by atoms with Crippen molar-refractivity contribution in [2.24, 2.45) is 0 Å². The summed E-state index contributed by atoms with van der Waals surface area (Å²) in [5.41, 5.74) is 3.30. The molecule has 0 amide bonds. The predicted octanol–water partition coefficient (Wildman–Crippen LogP) is 6.06. The van der Waals surface area contributed by atoms with Gasteiger partial charge in [0.25, 0.3) is 0 Å². The van der Waals surface area contributed by atoms with Crippen LogP contribution in [-0.4, -0.2) is 0 Å². The van der Waals surface area contributed by atoms with Crippen molar-refractivity contribution in [3.05, 3.63) is 35.4 Å².